The Morgan fingerprint density at radius 3 is 2.76 bits per heavy atom. The fourth-order valence-electron chi connectivity index (χ4n) is 3.20. The first-order valence-corrected chi connectivity index (χ1v) is 12.7. The highest BCUT2D eigenvalue weighted by Crippen LogP contribution is 2.34. The summed E-state index contributed by atoms with van der Waals surface area (Å²) in [6, 6.07) is 8.92. The van der Waals surface area contributed by atoms with Crippen LogP contribution >= 0.6 is 38.5 Å². The van der Waals surface area contributed by atoms with E-state index >= 15 is 0 Å². The molecule has 0 fully saturated rings. The SMILES string of the molecule is CCCCc1nc2ccc(Br)cc2c(=O)n1N=Cc1cc(I)c(O[C@H](C)C(=O)O)c(OCC)c1. The van der Waals surface area contributed by atoms with Crippen molar-refractivity contribution in [2.75, 3.05) is 6.61 Å². The Kier molecular flexibility index (Phi) is 9.06. The molecule has 0 aliphatic carbocycles. The van der Waals surface area contributed by atoms with Crippen molar-refractivity contribution >= 4 is 61.6 Å². The number of aromatic nitrogens is 2. The van der Waals surface area contributed by atoms with Gasteiger partial charge in [-0.2, -0.15) is 9.78 Å². The van der Waals surface area contributed by atoms with Crippen LogP contribution in [0.1, 0.15) is 45.0 Å². The minimum absolute atomic E-state index is 0.247. The summed E-state index contributed by atoms with van der Waals surface area (Å²) in [5.74, 6) is 0.279. The van der Waals surface area contributed by atoms with Gasteiger partial charge in [0.25, 0.3) is 5.56 Å². The third kappa shape index (κ3) is 6.15. The van der Waals surface area contributed by atoms with E-state index in [1.54, 1.807) is 24.4 Å². The molecule has 0 saturated heterocycles. The van der Waals surface area contributed by atoms with E-state index in [0.29, 0.717) is 50.4 Å². The molecular weight excluding hydrogens is 617 g/mol. The van der Waals surface area contributed by atoms with Crippen LogP contribution in [0.3, 0.4) is 0 Å². The number of carboxylic acid groups (broad SMARTS) is 1. The third-order valence-electron chi connectivity index (χ3n) is 4.93. The van der Waals surface area contributed by atoms with Gasteiger partial charge >= 0.3 is 5.97 Å². The van der Waals surface area contributed by atoms with Crippen molar-refractivity contribution in [1.29, 1.82) is 0 Å². The van der Waals surface area contributed by atoms with E-state index in [0.717, 1.165) is 17.3 Å². The minimum atomic E-state index is -1.07. The van der Waals surface area contributed by atoms with Crippen molar-refractivity contribution in [2.24, 2.45) is 5.10 Å². The van der Waals surface area contributed by atoms with Crippen LogP contribution in [0, 0.1) is 3.57 Å². The summed E-state index contributed by atoms with van der Waals surface area (Å²) in [6.07, 6.45) is 3.00. The van der Waals surface area contributed by atoms with Gasteiger partial charge in [-0.25, -0.2) is 9.78 Å². The molecule has 8 nitrogen and oxygen atoms in total. The molecular formula is C24H25BrIN3O5. The average Bonchev–Trinajstić information content (AvgIpc) is 2.79. The number of nitrogens with zero attached hydrogens (tertiary/aromatic N) is 3. The zero-order valence-electron chi connectivity index (χ0n) is 19.0. The van der Waals surface area contributed by atoms with Gasteiger partial charge in [-0.05, 0) is 78.8 Å². The molecule has 0 radical (unpaired) electrons. The van der Waals surface area contributed by atoms with E-state index in [4.69, 9.17) is 9.47 Å². The van der Waals surface area contributed by atoms with Gasteiger partial charge in [-0.3, -0.25) is 4.79 Å². The molecule has 2 aromatic carbocycles. The van der Waals surface area contributed by atoms with Crippen molar-refractivity contribution in [3.8, 4) is 11.5 Å². The van der Waals surface area contributed by atoms with Crippen LogP contribution in [0.2, 0.25) is 0 Å². The molecule has 0 aliphatic heterocycles. The molecule has 0 saturated carbocycles. The predicted octanol–water partition coefficient (Wildman–Crippen LogP) is 5.24. The lowest BCUT2D eigenvalue weighted by molar-refractivity contribution is -0.144. The summed E-state index contributed by atoms with van der Waals surface area (Å²) in [5.41, 5.74) is 1.06. The molecule has 0 spiro atoms. The fraction of sp³-hybridized carbons (Fsp3) is 0.333. The largest absolute Gasteiger partial charge is 0.490 e. The van der Waals surface area contributed by atoms with Crippen LogP contribution < -0.4 is 15.0 Å². The molecule has 10 heteroatoms. The van der Waals surface area contributed by atoms with Gasteiger partial charge in [0.15, 0.2) is 17.6 Å². The molecule has 180 valence electrons. The molecule has 0 unspecified atom stereocenters. The molecule has 1 N–H and O–H groups in total. The maximum absolute atomic E-state index is 13.2. The number of aliphatic carboxylic acids is 1. The number of carbonyl (C=O) groups is 1. The highest BCUT2D eigenvalue weighted by atomic mass is 127. The summed E-state index contributed by atoms with van der Waals surface area (Å²) < 4.78 is 14.1. The third-order valence-corrected chi connectivity index (χ3v) is 6.22. The Labute approximate surface area is 219 Å². The summed E-state index contributed by atoms with van der Waals surface area (Å²) in [7, 11) is 0. The normalized spacial score (nSPS) is 12.3. The number of fused-ring (bicyclic) bond motifs is 1. The number of halogens is 2. The molecule has 0 bridgehead atoms. The molecule has 0 aliphatic rings. The quantitative estimate of drug-likeness (QED) is 0.240. The van der Waals surface area contributed by atoms with Gasteiger partial charge in [0.2, 0.25) is 0 Å². The summed E-state index contributed by atoms with van der Waals surface area (Å²) in [4.78, 5) is 29.2. The molecule has 3 aromatic rings. The van der Waals surface area contributed by atoms with Crippen LogP contribution in [0.4, 0.5) is 0 Å². The van der Waals surface area contributed by atoms with E-state index in [1.807, 2.05) is 19.1 Å². The maximum Gasteiger partial charge on any atom is 0.344 e. The number of carboxylic acids is 1. The second-order valence-corrected chi connectivity index (χ2v) is 9.59. The molecule has 34 heavy (non-hydrogen) atoms. The van der Waals surface area contributed by atoms with Crippen molar-refractivity contribution in [3.05, 3.63) is 60.1 Å². The van der Waals surface area contributed by atoms with Gasteiger partial charge in [-0.15, -0.1) is 0 Å². The Hall–Kier alpha value is -2.47. The second kappa shape index (κ2) is 11.8. The van der Waals surface area contributed by atoms with Gasteiger partial charge < -0.3 is 14.6 Å². The average molecular weight is 642 g/mol. The van der Waals surface area contributed by atoms with Crippen molar-refractivity contribution in [2.45, 2.75) is 46.1 Å². The summed E-state index contributed by atoms with van der Waals surface area (Å²) in [5, 5.41) is 14.1. The molecule has 1 atom stereocenters. The molecule has 1 aromatic heterocycles. The van der Waals surface area contributed by atoms with Gasteiger partial charge in [0.05, 0.1) is 27.3 Å². The number of rotatable bonds is 10. The molecule has 1 heterocycles. The first-order chi connectivity index (χ1) is 16.2. The lowest BCUT2D eigenvalue weighted by atomic mass is 10.2. The van der Waals surface area contributed by atoms with E-state index in [2.05, 4.69) is 55.5 Å². The minimum Gasteiger partial charge on any atom is -0.490 e. The summed E-state index contributed by atoms with van der Waals surface area (Å²) >= 11 is 5.48. The number of hydrogen-bond acceptors (Lipinski definition) is 6. The van der Waals surface area contributed by atoms with Crippen LogP contribution in [0.5, 0.6) is 11.5 Å². The van der Waals surface area contributed by atoms with Crippen LogP contribution in [0.25, 0.3) is 10.9 Å². The number of unbranched alkanes of at least 4 members (excludes halogenated alkanes) is 1. The highest BCUT2D eigenvalue weighted by Gasteiger charge is 2.19. The first-order valence-electron chi connectivity index (χ1n) is 10.9. The van der Waals surface area contributed by atoms with Crippen LogP contribution in [0.15, 0.2) is 44.7 Å². The zero-order chi connectivity index (χ0) is 24.8. The van der Waals surface area contributed by atoms with Crippen molar-refractivity contribution in [3.63, 3.8) is 0 Å². The Bertz CT molecular complexity index is 1290. The Morgan fingerprint density at radius 2 is 2.09 bits per heavy atom. The number of ether oxygens (including phenoxy) is 2. The standard InChI is InChI=1S/C24H25BrIN3O5/c1-4-6-7-21-28-19-9-8-16(25)12-17(19)23(30)29(21)27-13-15-10-18(26)22(20(11-15)33-5-2)34-14(3)24(31)32/h8-14H,4-7H2,1-3H3,(H,31,32)/t14-/m1/s1. The number of hydrogen-bond donors (Lipinski definition) is 1. The zero-order valence-corrected chi connectivity index (χ0v) is 22.8. The Balaban J connectivity index is 2.07. The second-order valence-electron chi connectivity index (χ2n) is 7.52. The fourth-order valence-corrected chi connectivity index (χ4v) is 4.32. The number of aryl methyl sites for hydroxylation is 1. The first kappa shape index (κ1) is 26.1. The molecule has 0 amide bonds. The van der Waals surface area contributed by atoms with Gasteiger partial charge in [0.1, 0.15) is 5.82 Å². The highest BCUT2D eigenvalue weighted by molar-refractivity contribution is 14.1. The smallest absolute Gasteiger partial charge is 0.344 e. The summed E-state index contributed by atoms with van der Waals surface area (Å²) in [6.45, 7) is 5.74. The maximum atomic E-state index is 13.2. The van der Waals surface area contributed by atoms with Crippen LogP contribution in [-0.4, -0.2) is 39.7 Å². The van der Waals surface area contributed by atoms with E-state index in [1.165, 1.54) is 11.6 Å². The molecule has 3 rings (SSSR count). The Morgan fingerprint density at radius 1 is 1.32 bits per heavy atom. The van der Waals surface area contributed by atoms with E-state index in [9.17, 15) is 14.7 Å². The van der Waals surface area contributed by atoms with Crippen molar-refractivity contribution in [1.82, 2.24) is 9.66 Å². The van der Waals surface area contributed by atoms with E-state index < -0.39 is 12.1 Å². The monoisotopic (exact) mass is 641 g/mol. The topological polar surface area (TPSA) is 103 Å². The van der Waals surface area contributed by atoms with E-state index in [-0.39, 0.29) is 5.56 Å². The lowest BCUT2D eigenvalue weighted by Gasteiger charge is -2.17. The van der Waals surface area contributed by atoms with Gasteiger partial charge in [0, 0.05) is 10.9 Å². The van der Waals surface area contributed by atoms with Gasteiger partial charge in [-0.1, -0.05) is 29.3 Å². The predicted molar refractivity (Wildman–Crippen MR) is 143 cm³/mol. The number of benzene rings is 2. The van der Waals surface area contributed by atoms with Crippen LogP contribution in [-0.2, 0) is 11.2 Å². The van der Waals surface area contributed by atoms with Crippen molar-refractivity contribution < 1.29 is 19.4 Å². The lowest BCUT2D eigenvalue weighted by Crippen LogP contribution is -2.23.